The first-order valence-corrected chi connectivity index (χ1v) is 13.0. The Bertz CT molecular complexity index is 1070. The predicted molar refractivity (Wildman–Crippen MR) is 146 cm³/mol. The summed E-state index contributed by atoms with van der Waals surface area (Å²) in [5.74, 6) is -0.473. The number of nitrogens with one attached hydrogen (secondary N) is 4. The summed E-state index contributed by atoms with van der Waals surface area (Å²) in [6, 6.07) is 17.8. The van der Waals surface area contributed by atoms with Crippen LogP contribution >= 0.6 is 0 Å². The molecule has 8 nitrogen and oxygen atoms in total. The summed E-state index contributed by atoms with van der Waals surface area (Å²) >= 11 is 0. The second-order valence-corrected chi connectivity index (χ2v) is 10.2. The fourth-order valence-electron chi connectivity index (χ4n) is 4.53. The molecule has 4 N–H and O–H groups in total. The molecule has 198 valence electrons. The molecule has 0 aromatic heterocycles. The Kier molecular flexibility index (Phi) is 10.2. The second-order valence-electron chi connectivity index (χ2n) is 10.2. The molecular formula is C29H39N5O3. The molecule has 0 radical (unpaired) electrons. The van der Waals surface area contributed by atoms with E-state index in [4.69, 9.17) is 0 Å². The van der Waals surface area contributed by atoms with E-state index >= 15 is 0 Å². The van der Waals surface area contributed by atoms with Crippen LogP contribution in [0.2, 0.25) is 0 Å². The minimum Gasteiger partial charge on any atom is -0.346 e. The molecule has 0 saturated heterocycles. The van der Waals surface area contributed by atoms with Crippen molar-refractivity contribution >= 4 is 23.4 Å². The summed E-state index contributed by atoms with van der Waals surface area (Å²) < 4.78 is 0. The lowest BCUT2D eigenvalue weighted by atomic mass is 9.94. The third kappa shape index (κ3) is 9.04. The van der Waals surface area contributed by atoms with Crippen molar-refractivity contribution in [3.63, 3.8) is 0 Å². The van der Waals surface area contributed by atoms with Crippen LogP contribution in [0.1, 0.15) is 51.7 Å². The topological polar surface area (TPSA) is 112 Å². The van der Waals surface area contributed by atoms with E-state index in [1.54, 1.807) is 6.92 Å². The number of amides is 3. The van der Waals surface area contributed by atoms with Gasteiger partial charge in [-0.05, 0) is 36.8 Å². The number of rotatable bonds is 12. The zero-order chi connectivity index (χ0) is 26.8. The van der Waals surface area contributed by atoms with Crippen molar-refractivity contribution in [1.29, 1.82) is 0 Å². The Morgan fingerprint density at radius 1 is 0.865 bits per heavy atom. The van der Waals surface area contributed by atoms with Gasteiger partial charge in [0.1, 0.15) is 12.1 Å². The van der Waals surface area contributed by atoms with Crippen LogP contribution in [0.5, 0.6) is 0 Å². The highest BCUT2D eigenvalue weighted by Gasteiger charge is 2.30. The van der Waals surface area contributed by atoms with E-state index in [1.165, 1.54) is 6.92 Å². The van der Waals surface area contributed by atoms with Crippen molar-refractivity contribution in [2.24, 2.45) is 11.0 Å². The van der Waals surface area contributed by atoms with Gasteiger partial charge in [-0.1, -0.05) is 74.5 Å². The fourth-order valence-corrected chi connectivity index (χ4v) is 4.53. The summed E-state index contributed by atoms with van der Waals surface area (Å²) in [7, 11) is 0. The zero-order valence-corrected chi connectivity index (χ0v) is 22.2. The standard InChI is InChI=1S/C29H39N5O3/c1-19(2)15-24-18-26(34-33-24)25(16-22-11-7-5-8-12-22)32-28(36)20(3)30-29(37)27(31-21(4)35)17-23-13-9-6-10-14-23/h5-14,19-20,24-25,27,33H,15-18H2,1-4H3,(H,30,37)(H,31,35)(H,32,36)/t20-,24?,25-,27-/m0/s1. The highest BCUT2D eigenvalue weighted by molar-refractivity contribution is 5.97. The van der Waals surface area contributed by atoms with Crippen molar-refractivity contribution in [3.05, 3.63) is 71.8 Å². The van der Waals surface area contributed by atoms with Gasteiger partial charge in [0, 0.05) is 25.8 Å². The van der Waals surface area contributed by atoms with Crippen molar-refractivity contribution < 1.29 is 14.4 Å². The Morgan fingerprint density at radius 3 is 2.03 bits per heavy atom. The second kappa shape index (κ2) is 13.6. The smallest absolute Gasteiger partial charge is 0.243 e. The Hall–Kier alpha value is -3.68. The molecule has 4 atom stereocenters. The molecule has 0 spiro atoms. The summed E-state index contributed by atoms with van der Waals surface area (Å²) in [6.45, 7) is 7.38. The Balaban J connectivity index is 1.66. The minimum absolute atomic E-state index is 0.249. The van der Waals surface area contributed by atoms with E-state index in [0.29, 0.717) is 18.8 Å². The van der Waals surface area contributed by atoms with Crippen molar-refractivity contribution in [2.45, 2.75) is 77.5 Å². The molecule has 1 heterocycles. The number of nitrogens with zero attached hydrogens (tertiary/aromatic N) is 1. The van der Waals surface area contributed by atoms with E-state index in [-0.39, 0.29) is 23.9 Å². The molecule has 0 bridgehead atoms. The van der Waals surface area contributed by atoms with Crippen LogP contribution in [0, 0.1) is 5.92 Å². The molecule has 2 aromatic carbocycles. The average Bonchev–Trinajstić information content (AvgIpc) is 3.32. The Labute approximate surface area is 219 Å². The number of benzene rings is 2. The maximum atomic E-state index is 13.2. The molecule has 0 saturated carbocycles. The normalized spacial score (nSPS) is 17.2. The van der Waals surface area contributed by atoms with E-state index in [9.17, 15) is 14.4 Å². The highest BCUT2D eigenvalue weighted by Crippen LogP contribution is 2.17. The summed E-state index contributed by atoms with van der Waals surface area (Å²) in [5.41, 5.74) is 6.13. The van der Waals surface area contributed by atoms with Crippen LogP contribution in [0.4, 0.5) is 0 Å². The maximum Gasteiger partial charge on any atom is 0.243 e. The van der Waals surface area contributed by atoms with Gasteiger partial charge in [0.25, 0.3) is 0 Å². The summed E-state index contributed by atoms with van der Waals surface area (Å²) in [5, 5.41) is 13.1. The van der Waals surface area contributed by atoms with E-state index in [0.717, 1.165) is 29.7 Å². The van der Waals surface area contributed by atoms with E-state index < -0.39 is 18.0 Å². The molecule has 0 aliphatic carbocycles. The third-order valence-electron chi connectivity index (χ3n) is 6.33. The SMILES string of the molecule is CC(=O)N[C@@H](Cc1ccccc1)C(=O)N[C@@H](C)C(=O)N[C@@H](Cc1ccccc1)C1=NNC(CC(C)C)C1. The van der Waals surface area contributed by atoms with Crippen molar-refractivity contribution in [3.8, 4) is 0 Å². The van der Waals surface area contributed by atoms with Crippen LogP contribution in [-0.2, 0) is 27.2 Å². The van der Waals surface area contributed by atoms with Gasteiger partial charge in [0.15, 0.2) is 0 Å². The molecule has 3 rings (SSSR count). The largest absolute Gasteiger partial charge is 0.346 e. The van der Waals surface area contributed by atoms with Gasteiger partial charge >= 0.3 is 0 Å². The van der Waals surface area contributed by atoms with Gasteiger partial charge in [-0.3, -0.25) is 14.4 Å². The molecule has 8 heteroatoms. The molecule has 1 aliphatic heterocycles. The first-order valence-electron chi connectivity index (χ1n) is 13.0. The number of hydrogen-bond acceptors (Lipinski definition) is 5. The van der Waals surface area contributed by atoms with Crippen molar-refractivity contribution in [1.82, 2.24) is 21.4 Å². The molecule has 2 aromatic rings. The van der Waals surface area contributed by atoms with Gasteiger partial charge in [0.2, 0.25) is 17.7 Å². The lowest BCUT2D eigenvalue weighted by Gasteiger charge is -2.24. The van der Waals surface area contributed by atoms with Gasteiger partial charge in [-0.25, -0.2) is 0 Å². The molecular weight excluding hydrogens is 466 g/mol. The lowest BCUT2D eigenvalue weighted by Crippen LogP contribution is -2.55. The molecule has 1 aliphatic rings. The summed E-state index contributed by atoms with van der Waals surface area (Å²) in [6.07, 6.45) is 2.69. The molecule has 37 heavy (non-hydrogen) atoms. The monoisotopic (exact) mass is 505 g/mol. The predicted octanol–water partition coefficient (Wildman–Crippen LogP) is 2.73. The Morgan fingerprint density at radius 2 is 1.46 bits per heavy atom. The van der Waals surface area contributed by atoms with Gasteiger partial charge in [0.05, 0.1) is 11.8 Å². The first-order chi connectivity index (χ1) is 17.7. The molecule has 0 fully saturated rings. The highest BCUT2D eigenvalue weighted by atomic mass is 16.2. The first kappa shape index (κ1) is 27.9. The summed E-state index contributed by atoms with van der Waals surface area (Å²) in [4.78, 5) is 38.0. The third-order valence-corrected chi connectivity index (χ3v) is 6.33. The maximum absolute atomic E-state index is 13.2. The van der Waals surface area contributed by atoms with Gasteiger partial charge in [-0.2, -0.15) is 5.10 Å². The number of hydrazone groups is 1. The fraction of sp³-hybridized carbons (Fsp3) is 0.448. The van der Waals surface area contributed by atoms with Gasteiger partial charge < -0.3 is 21.4 Å². The number of hydrogen-bond donors (Lipinski definition) is 4. The lowest BCUT2D eigenvalue weighted by molar-refractivity contribution is -0.131. The quantitative estimate of drug-likeness (QED) is 0.355. The van der Waals surface area contributed by atoms with Crippen LogP contribution in [0.3, 0.4) is 0 Å². The van der Waals surface area contributed by atoms with Gasteiger partial charge in [-0.15, -0.1) is 0 Å². The van der Waals surface area contributed by atoms with Crippen LogP contribution in [0.25, 0.3) is 0 Å². The van der Waals surface area contributed by atoms with Crippen molar-refractivity contribution in [2.75, 3.05) is 0 Å². The van der Waals surface area contributed by atoms with Crippen LogP contribution in [-0.4, -0.2) is 47.6 Å². The van der Waals surface area contributed by atoms with E-state index in [1.807, 2.05) is 60.7 Å². The van der Waals surface area contributed by atoms with Crippen LogP contribution in [0.15, 0.2) is 65.8 Å². The molecule has 3 amide bonds. The van der Waals surface area contributed by atoms with E-state index in [2.05, 4.69) is 40.3 Å². The molecule has 1 unspecified atom stereocenters. The van der Waals surface area contributed by atoms with Crippen LogP contribution < -0.4 is 21.4 Å². The zero-order valence-electron chi connectivity index (χ0n) is 22.2. The average molecular weight is 506 g/mol. The number of carbonyl (C=O) groups excluding carboxylic acids is 3. The minimum atomic E-state index is -0.792. The number of carbonyl (C=O) groups is 3.